The van der Waals surface area contributed by atoms with Crippen molar-refractivity contribution in [2.24, 2.45) is 11.8 Å². The normalized spacial score (nSPS) is 38.2. The molecule has 2 aliphatic rings. The molecule has 0 radical (unpaired) electrons. The van der Waals surface area contributed by atoms with Crippen LogP contribution in [0.1, 0.15) is 33.1 Å². The maximum Gasteiger partial charge on any atom is 0.335 e. The SMILES string of the molecule is CCOP(=O)(OCC)[C@@H]1[C@H]2CC[C@H](C2)[C@H]1Cl. The molecule has 0 spiro atoms. The minimum atomic E-state index is -3.00. The minimum Gasteiger partial charge on any atom is -0.309 e. The number of rotatable bonds is 5. The van der Waals surface area contributed by atoms with Gasteiger partial charge in [0.2, 0.25) is 0 Å². The molecule has 0 saturated heterocycles. The second-order valence-electron chi connectivity index (χ2n) is 4.64. The molecular weight excluding hydrogens is 247 g/mol. The molecule has 0 N–H and O–H groups in total. The molecule has 2 aliphatic carbocycles. The second-order valence-corrected chi connectivity index (χ2v) is 7.34. The first kappa shape index (κ1) is 12.9. The zero-order valence-electron chi connectivity index (χ0n) is 9.89. The van der Waals surface area contributed by atoms with E-state index in [1.54, 1.807) is 0 Å². The van der Waals surface area contributed by atoms with Gasteiger partial charge in [-0.1, -0.05) is 0 Å². The van der Waals surface area contributed by atoms with Gasteiger partial charge in [0, 0.05) is 0 Å². The largest absolute Gasteiger partial charge is 0.335 e. The van der Waals surface area contributed by atoms with E-state index in [0.717, 1.165) is 12.8 Å². The molecule has 3 nitrogen and oxygen atoms in total. The predicted molar refractivity (Wildman–Crippen MR) is 65.1 cm³/mol. The van der Waals surface area contributed by atoms with Crippen LogP contribution in [-0.4, -0.2) is 24.2 Å². The summed E-state index contributed by atoms with van der Waals surface area (Å²) in [5.74, 6) is 0.960. The molecule has 5 heteroatoms. The van der Waals surface area contributed by atoms with Gasteiger partial charge in [0.05, 0.1) is 24.2 Å². The molecule has 0 aliphatic heterocycles. The standard InChI is InChI=1S/C11H20ClO3P/c1-3-14-16(13,15-4-2)11-9-6-5-8(7-9)10(11)12/h8-11H,3-7H2,1-2H3/t8-,9+,10-,11-/m1/s1. The molecule has 0 aromatic heterocycles. The minimum absolute atomic E-state index is 0.0253. The van der Waals surface area contributed by atoms with Crippen LogP contribution in [-0.2, 0) is 13.6 Å². The van der Waals surface area contributed by atoms with Gasteiger partial charge >= 0.3 is 7.60 Å². The van der Waals surface area contributed by atoms with Crippen LogP contribution in [0.25, 0.3) is 0 Å². The van der Waals surface area contributed by atoms with Crippen LogP contribution >= 0.6 is 19.2 Å². The first-order valence-corrected chi connectivity index (χ1v) is 8.20. The summed E-state index contributed by atoms with van der Waals surface area (Å²) in [7, 11) is -3.00. The zero-order valence-corrected chi connectivity index (χ0v) is 11.5. The highest BCUT2D eigenvalue weighted by Gasteiger charge is 2.56. The Labute approximate surface area is 102 Å². The highest BCUT2D eigenvalue weighted by atomic mass is 35.5. The van der Waals surface area contributed by atoms with Gasteiger partial charge in [-0.05, 0) is 44.9 Å². The van der Waals surface area contributed by atoms with Crippen molar-refractivity contribution in [2.75, 3.05) is 13.2 Å². The Hall–Kier alpha value is 0.440. The van der Waals surface area contributed by atoms with Gasteiger partial charge in [-0.25, -0.2) is 0 Å². The van der Waals surface area contributed by atoms with Gasteiger partial charge in [0.25, 0.3) is 0 Å². The topological polar surface area (TPSA) is 35.5 Å². The molecule has 0 heterocycles. The Bertz CT molecular complexity index is 285. The van der Waals surface area contributed by atoms with Gasteiger partial charge in [-0.2, -0.15) is 0 Å². The molecule has 16 heavy (non-hydrogen) atoms. The molecule has 2 rings (SSSR count). The van der Waals surface area contributed by atoms with Gasteiger partial charge in [0.1, 0.15) is 0 Å². The number of halogens is 1. The molecule has 4 atom stereocenters. The number of hydrogen-bond acceptors (Lipinski definition) is 3. The zero-order chi connectivity index (χ0) is 11.8. The molecule has 0 amide bonds. The van der Waals surface area contributed by atoms with Crippen LogP contribution in [0.3, 0.4) is 0 Å². The quantitative estimate of drug-likeness (QED) is 0.563. The van der Waals surface area contributed by atoms with Crippen molar-refractivity contribution in [3.63, 3.8) is 0 Å². The van der Waals surface area contributed by atoms with Crippen molar-refractivity contribution in [3.05, 3.63) is 0 Å². The van der Waals surface area contributed by atoms with Crippen LogP contribution in [0.5, 0.6) is 0 Å². The lowest BCUT2D eigenvalue weighted by Gasteiger charge is -2.32. The summed E-state index contributed by atoms with van der Waals surface area (Å²) < 4.78 is 23.5. The van der Waals surface area contributed by atoms with E-state index in [-0.39, 0.29) is 11.0 Å². The number of fused-ring (bicyclic) bond motifs is 2. The Morgan fingerprint density at radius 3 is 2.19 bits per heavy atom. The van der Waals surface area contributed by atoms with E-state index < -0.39 is 7.60 Å². The molecule has 0 unspecified atom stereocenters. The van der Waals surface area contributed by atoms with Crippen molar-refractivity contribution < 1.29 is 13.6 Å². The lowest BCUT2D eigenvalue weighted by molar-refractivity contribution is 0.203. The van der Waals surface area contributed by atoms with Crippen molar-refractivity contribution >= 4 is 19.2 Å². The third kappa shape index (κ3) is 2.08. The van der Waals surface area contributed by atoms with Crippen molar-refractivity contribution in [1.29, 1.82) is 0 Å². The fraction of sp³-hybridized carbons (Fsp3) is 1.00. The van der Waals surface area contributed by atoms with Crippen LogP contribution in [0.15, 0.2) is 0 Å². The van der Waals surface area contributed by atoms with Gasteiger partial charge in [0.15, 0.2) is 0 Å². The monoisotopic (exact) mass is 266 g/mol. The van der Waals surface area contributed by atoms with Crippen LogP contribution in [0, 0.1) is 11.8 Å². The molecule has 0 aromatic carbocycles. The Kier molecular flexibility index (Phi) is 4.01. The Balaban J connectivity index is 2.17. The highest BCUT2D eigenvalue weighted by molar-refractivity contribution is 7.54. The fourth-order valence-corrected chi connectivity index (χ4v) is 6.56. The maximum atomic E-state index is 12.7. The van der Waals surface area contributed by atoms with E-state index in [1.807, 2.05) is 13.8 Å². The van der Waals surface area contributed by atoms with Crippen LogP contribution in [0.4, 0.5) is 0 Å². The van der Waals surface area contributed by atoms with Gasteiger partial charge < -0.3 is 9.05 Å². The summed E-state index contributed by atoms with van der Waals surface area (Å²) in [5.41, 5.74) is -0.0761. The third-order valence-electron chi connectivity index (χ3n) is 3.76. The molecule has 2 saturated carbocycles. The van der Waals surface area contributed by atoms with Crippen molar-refractivity contribution in [1.82, 2.24) is 0 Å². The van der Waals surface area contributed by atoms with Crippen LogP contribution in [0.2, 0.25) is 0 Å². The van der Waals surface area contributed by atoms with E-state index in [2.05, 4.69) is 0 Å². The number of alkyl halides is 1. The van der Waals surface area contributed by atoms with E-state index in [9.17, 15) is 4.57 Å². The molecule has 2 bridgehead atoms. The molecule has 0 aromatic rings. The summed E-state index contributed by atoms with van der Waals surface area (Å²) in [4.78, 5) is 0. The average molecular weight is 267 g/mol. The predicted octanol–water partition coefficient (Wildman–Crippen LogP) is 3.66. The molecular formula is C11H20ClO3P. The van der Waals surface area contributed by atoms with E-state index in [4.69, 9.17) is 20.6 Å². The van der Waals surface area contributed by atoms with Gasteiger partial charge in [-0.15, -0.1) is 11.6 Å². The summed E-state index contributed by atoms with van der Waals surface area (Å²) in [6.45, 7) is 4.55. The summed E-state index contributed by atoms with van der Waals surface area (Å²) in [6, 6.07) is 0. The van der Waals surface area contributed by atoms with Crippen molar-refractivity contribution in [3.8, 4) is 0 Å². The van der Waals surface area contributed by atoms with E-state index in [0.29, 0.717) is 25.0 Å². The molecule has 2 fully saturated rings. The Morgan fingerprint density at radius 2 is 1.75 bits per heavy atom. The van der Waals surface area contributed by atoms with E-state index >= 15 is 0 Å². The van der Waals surface area contributed by atoms with E-state index in [1.165, 1.54) is 6.42 Å². The fourth-order valence-electron chi connectivity index (χ4n) is 3.19. The van der Waals surface area contributed by atoms with Crippen LogP contribution < -0.4 is 0 Å². The highest BCUT2D eigenvalue weighted by Crippen LogP contribution is 2.65. The lowest BCUT2D eigenvalue weighted by atomic mass is 10.00. The smallest absolute Gasteiger partial charge is 0.309 e. The summed E-state index contributed by atoms with van der Waals surface area (Å²) in [6.07, 6.45) is 3.40. The maximum absolute atomic E-state index is 12.7. The summed E-state index contributed by atoms with van der Waals surface area (Å²) >= 11 is 6.40. The third-order valence-corrected chi connectivity index (χ3v) is 7.27. The van der Waals surface area contributed by atoms with Crippen molar-refractivity contribution in [2.45, 2.75) is 44.1 Å². The first-order valence-electron chi connectivity index (χ1n) is 6.15. The second kappa shape index (κ2) is 4.97. The molecule has 94 valence electrons. The Morgan fingerprint density at radius 1 is 1.19 bits per heavy atom. The lowest BCUT2D eigenvalue weighted by Crippen LogP contribution is -2.30. The van der Waals surface area contributed by atoms with Gasteiger partial charge in [-0.3, -0.25) is 4.57 Å². The number of hydrogen-bond donors (Lipinski definition) is 0. The first-order chi connectivity index (χ1) is 7.62. The summed E-state index contributed by atoms with van der Waals surface area (Å²) in [5, 5.41) is -0.0253. The average Bonchev–Trinajstić information content (AvgIpc) is 2.78.